The summed E-state index contributed by atoms with van der Waals surface area (Å²) in [5, 5.41) is 19.1. The molecule has 3 nitrogen and oxygen atoms in total. The molecule has 0 aliphatic heterocycles. The zero-order valence-electron chi connectivity index (χ0n) is 7.75. The number of nitrogens with zero attached hydrogens (tertiary/aromatic N) is 1. The van der Waals surface area contributed by atoms with Crippen LogP contribution in [-0.4, -0.2) is 15.2 Å². The summed E-state index contributed by atoms with van der Waals surface area (Å²) < 4.78 is 13.4. The first kappa shape index (κ1) is 9.98. The van der Waals surface area contributed by atoms with Crippen LogP contribution in [0.2, 0.25) is 5.02 Å². The molecule has 15 heavy (non-hydrogen) atoms. The van der Waals surface area contributed by atoms with Gasteiger partial charge in [0.2, 0.25) is 5.88 Å². The minimum Gasteiger partial charge on any atom is -0.507 e. The Bertz CT molecular complexity index is 557. The van der Waals surface area contributed by atoms with Gasteiger partial charge in [-0.2, -0.15) is 0 Å². The molecule has 2 rings (SSSR count). The summed E-state index contributed by atoms with van der Waals surface area (Å²) in [6.45, 7) is 1.44. The fraction of sp³-hybridized carbons (Fsp3) is 0.100. The molecule has 2 aromatic rings. The van der Waals surface area contributed by atoms with E-state index in [1.54, 1.807) is 0 Å². The van der Waals surface area contributed by atoms with Crippen LogP contribution in [0.3, 0.4) is 0 Å². The Morgan fingerprint density at radius 1 is 1.33 bits per heavy atom. The van der Waals surface area contributed by atoms with Crippen molar-refractivity contribution < 1.29 is 14.6 Å². The van der Waals surface area contributed by atoms with Crippen LogP contribution in [0.15, 0.2) is 12.1 Å². The molecule has 0 radical (unpaired) electrons. The van der Waals surface area contributed by atoms with Gasteiger partial charge >= 0.3 is 0 Å². The first-order valence-corrected chi connectivity index (χ1v) is 4.56. The lowest BCUT2D eigenvalue weighted by Crippen LogP contribution is -1.89. The van der Waals surface area contributed by atoms with Gasteiger partial charge < -0.3 is 10.2 Å². The fourth-order valence-corrected chi connectivity index (χ4v) is 1.56. The van der Waals surface area contributed by atoms with Crippen LogP contribution in [0.5, 0.6) is 11.6 Å². The topological polar surface area (TPSA) is 53.4 Å². The second kappa shape index (κ2) is 3.24. The minimum absolute atomic E-state index is 0.0530. The highest BCUT2D eigenvalue weighted by molar-refractivity contribution is 6.35. The van der Waals surface area contributed by atoms with Crippen LogP contribution in [0.25, 0.3) is 10.9 Å². The van der Waals surface area contributed by atoms with Crippen LogP contribution >= 0.6 is 11.6 Å². The van der Waals surface area contributed by atoms with Gasteiger partial charge in [-0.25, -0.2) is 9.37 Å². The summed E-state index contributed by atoms with van der Waals surface area (Å²) >= 11 is 5.77. The molecule has 0 spiro atoms. The molecule has 0 unspecified atom stereocenters. The van der Waals surface area contributed by atoms with Gasteiger partial charge in [0, 0.05) is 0 Å². The maximum Gasteiger partial charge on any atom is 0.218 e. The summed E-state index contributed by atoms with van der Waals surface area (Å²) in [4.78, 5) is 3.72. The maximum absolute atomic E-state index is 13.4. The van der Waals surface area contributed by atoms with Gasteiger partial charge in [0.1, 0.15) is 11.6 Å². The summed E-state index contributed by atoms with van der Waals surface area (Å²) in [7, 11) is 0. The number of halogens is 2. The van der Waals surface area contributed by atoms with Crippen molar-refractivity contribution in [3.05, 3.63) is 28.5 Å². The van der Waals surface area contributed by atoms with E-state index in [1.807, 2.05) is 0 Å². The zero-order chi connectivity index (χ0) is 11.2. The number of aromatic hydroxyl groups is 2. The van der Waals surface area contributed by atoms with Crippen molar-refractivity contribution >= 4 is 22.5 Å². The van der Waals surface area contributed by atoms with Gasteiger partial charge in [-0.05, 0) is 19.1 Å². The van der Waals surface area contributed by atoms with E-state index in [1.165, 1.54) is 13.0 Å². The first-order chi connectivity index (χ1) is 7.02. The predicted octanol–water partition coefficient (Wildman–Crippen LogP) is 2.75. The largest absolute Gasteiger partial charge is 0.507 e. The standard InChI is InChI=1S/C10H7ClFNO2/c1-4-9(14)7-6(12)3-2-5(11)8(7)13-10(4)15/h2-3H,1H3,(H2,13,14,15). The number of rotatable bonds is 0. The number of hydrogen-bond acceptors (Lipinski definition) is 3. The molecule has 0 bridgehead atoms. The highest BCUT2D eigenvalue weighted by Gasteiger charge is 2.15. The molecular formula is C10H7ClFNO2. The molecule has 0 saturated heterocycles. The lowest BCUT2D eigenvalue weighted by atomic mass is 10.1. The van der Waals surface area contributed by atoms with Crippen LogP contribution in [0, 0.1) is 12.7 Å². The molecule has 0 fully saturated rings. The van der Waals surface area contributed by atoms with E-state index in [-0.39, 0.29) is 33.1 Å². The average Bonchev–Trinajstić information content (AvgIpc) is 2.20. The predicted molar refractivity (Wildman–Crippen MR) is 54.8 cm³/mol. The summed E-state index contributed by atoms with van der Waals surface area (Å²) in [6.07, 6.45) is 0. The average molecular weight is 228 g/mol. The smallest absolute Gasteiger partial charge is 0.218 e. The Morgan fingerprint density at radius 3 is 2.67 bits per heavy atom. The monoisotopic (exact) mass is 227 g/mol. The van der Waals surface area contributed by atoms with Gasteiger partial charge in [-0.15, -0.1) is 0 Å². The highest BCUT2D eigenvalue weighted by Crippen LogP contribution is 2.36. The van der Waals surface area contributed by atoms with Crippen molar-refractivity contribution in [2.24, 2.45) is 0 Å². The Balaban J connectivity index is 3.04. The molecule has 1 aromatic heterocycles. The summed E-state index contributed by atoms with van der Waals surface area (Å²) in [5.74, 6) is -1.31. The highest BCUT2D eigenvalue weighted by atomic mass is 35.5. The Labute approximate surface area is 89.8 Å². The molecule has 0 aliphatic rings. The summed E-state index contributed by atoms with van der Waals surface area (Å²) in [6, 6.07) is 2.46. The molecule has 5 heteroatoms. The SMILES string of the molecule is Cc1c(O)nc2c(Cl)ccc(F)c2c1O. The molecule has 1 heterocycles. The second-order valence-corrected chi connectivity index (χ2v) is 3.57. The molecule has 1 aromatic carbocycles. The lowest BCUT2D eigenvalue weighted by molar-refractivity contribution is 0.432. The second-order valence-electron chi connectivity index (χ2n) is 3.16. The fourth-order valence-electron chi connectivity index (χ4n) is 1.36. The van der Waals surface area contributed by atoms with Crippen molar-refractivity contribution in [1.82, 2.24) is 4.98 Å². The number of pyridine rings is 1. The number of fused-ring (bicyclic) bond motifs is 1. The molecular weight excluding hydrogens is 221 g/mol. The van der Waals surface area contributed by atoms with E-state index in [4.69, 9.17) is 11.6 Å². The molecule has 0 atom stereocenters. The van der Waals surface area contributed by atoms with Gasteiger partial charge in [0.05, 0.1) is 21.5 Å². The lowest BCUT2D eigenvalue weighted by Gasteiger charge is -2.07. The quantitative estimate of drug-likeness (QED) is 0.728. The van der Waals surface area contributed by atoms with E-state index in [9.17, 15) is 14.6 Å². The zero-order valence-corrected chi connectivity index (χ0v) is 8.51. The van der Waals surface area contributed by atoms with E-state index in [0.29, 0.717) is 0 Å². The molecule has 0 amide bonds. The van der Waals surface area contributed by atoms with Gasteiger partial charge in [0.15, 0.2) is 0 Å². The molecule has 0 aliphatic carbocycles. The van der Waals surface area contributed by atoms with Crippen LogP contribution in [0.4, 0.5) is 4.39 Å². The van der Waals surface area contributed by atoms with Crippen LogP contribution in [0.1, 0.15) is 5.56 Å². The van der Waals surface area contributed by atoms with Gasteiger partial charge in [0.25, 0.3) is 0 Å². The third-order valence-electron chi connectivity index (χ3n) is 2.22. The third kappa shape index (κ3) is 1.37. The van der Waals surface area contributed by atoms with E-state index in [0.717, 1.165) is 6.07 Å². The van der Waals surface area contributed by atoms with Gasteiger partial charge in [-0.1, -0.05) is 11.6 Å². The number of aromatic nitrogens is 1. The van der Waals surface area contributed by atoms with E-state index < -0.39 is 5.82 Å². The van der Waals surface area contributed by atoms with Crippen molar-refractivity contribution in [3.63, 3.8) is 0 Å². The minimum atomic E-state index is -0.623. The third-order valence-corrected chi connectivity index (χ3v) is 2.53. The Kier molecular flexibility index (Phi) is 2.16. The van der Waals surface area contributed by atoms with Crippen LogP contribution < -0.4 is 0 Å². The van der Waals surface area contributed by atoms with Crippen molar-refractivity contribution in [1.29, 1.82) is 0 Å². The van der Waals surface area contributed by atoms with Gasteiger partial charge in [-0.3, -0.25) is 0 Å². The number of benzene rings is 1. The summed E-state index contributed by atoms with van der Waals surface area (Å²) in [5.41, 5.74) is 0.181. The van der Waals surface area contributed by atoms with Crippen molar-refractivity contribution in [2.45, 2.75) is 6.92 Å². The van der Waals surface area contributed by atoms with E-state index >= 15 is 0 Å². The molecule has 78 valence electrons. The molecule has 0 saturated carbocycles. The first-order valence-electron chi connectivity index (χ1n) is 4.18. The molecule has 2 N–H and O–H groups in total. The van der Waals surface area contributed by atoms with E-state index in [2.05, 4.69) is 4.98 Å². The normalized spacial score (nSPS) is 10.9. The Hall–Kier alpha value is -1.55. The van der Waals surface area contributed by atoms with Crippen molar-refractivity contribution in [3.8, 4) is 11.6 Å². The van der Waals surface area contributed by atoms with Crippen LogP contribution in [-0.2, 0) is 0 Å². The van der Waals surface area contributed by atoms with Crippen molar-refractivity contribution in [2.75, 3.05) is 0 Å². The number of hydrogen-bond donors (Lipinski definition) is 2. The Morgan fingerprint density at radius 2 is 2.00 bits per heavy atom. The maximum atomic E-state index is 13.4.